The summed E-state index contributed by atoms with van der Waals surface area (Å²) in [5.41, 5.74) is 1.41. The predicted octanol–water partition coefficient (Wildman–Crippen LogP) is 3.56. The molecule has 1 N–H and O–H groups in total. The summed E-state index contributed by atoms with van der Waals surface area (Å²) in [5.74, 6) is 0.622. The number of carbonyl (C=O) groups excluding carboxylic acids is 1. The van der Waals surface area contributed by atoms with Gasteiger partial charge in [0.1, 0.15) is 5.75 Å². The molecule has 0 spiro atoms. The van der Waals surface area contributed by atoms with Crippen molar-refractivity contribution in [2.24, 2.45) is 0 Å². The molecule has 0 radical (unpaired) electrons. The highest BCUT2D eigenvalue weighted by atomic mass is 16.6. The van der Waals surface area contributed by atoms with Gasteiger partial charge in [-0.3, -0.25) is 14.9 Å². The fourth-order valence-electron chi connectivity index (χ4n) is 2.10. The van der Waals surface area contributed by atoms with Crippen LogP contribution in [0.2, 0.25) is 0 Å². The first kappa shape index (κ1) is 16.5. The number of hydrogen-bond donors (Lipinski definition) is 1. The first-order valence-corrected chi connectivity index (χ1v) is 7.34. The molecular formula is C17H18N2O4. The molecule has 0 aliphatic heterocycles. The lowest BCUT2D eigenvalue weighted by molar-refractivity contribution is -0.384. The third kappa shape index (κ3) is 5.10. The molecule has 6 nitrogen and oxygen atoms in total. The lowest BCUT2D eigenvalue weighted by Gasteiger charge is -2.06. The summed E-state index contributed by atoms with van der Waals surface area (Å²) in [6.45, 7) is 2.54. The molecule has 2 aromatic rings. The highest BCUT2D eigenvalue weighted by Crippen LogP contribution is 2.18. The van der Waals surface area contributed by atoms with Gasteiger partial charge in [-0.05, 0) is 37.1 Å². The highest BCUT2D eigenvalue weighted by molar-refractivity contribution is 5.91. The van der Waals surface area contributed by atoms with Crippen LogP contribution in [0, 0.1) is 10.1 Å². The van der Waals surface area contributed by atoms with Crippen molar-refractivity contribution in [2.75, 3.05) is 11.9 Å². The van der Waals surface area contributed by atoms with Gasteiger partial charge >= 0.3 is 0 Å². The van der Waals surface area contributed by atoms with Crippen molar-refractivity contribution in [1.29, 1.82) is 0 Å². The number of nitro benzene ring substituents is 1. The first-order valence-electron chi connectivity index (χ1n) is 7.34. The van der Waals surface area contributed by atoms with Gasteiger partial charge in [-0.15, -0.1) is 0 Å². The fraction of sp³-hybridized carbons (Fsp3) is 0.235. The van der Waals surface area contributed by atoms with Gasteiger partial charge in [0, 0.05) is 24.2 Å². The number of non-ortho nitro benzene ring substituents is 1. The average Bonchev–Trinajstić information content (AvgIpc) is 2.55. The van der Waals surface area contributed by atoms with Crippen molar-refractivity contribution in [3.05, 3.63) is 64.2 Å². The maximum Gasteiger partial charge on any atom is 0.271 e. The number of amides is 1. The molecular weight excluding hydrogens is 296 g/mol. The van der Waals surface area contributed by atoms with Gasteiger partial charge in [0.15, 0.2) is 0 Å². The normalized spacial score (nSPS) is 10.1. The smallest absolute Gasteiger partial charge is 0.271 e. The Balaban J connectivity index is 1.87. The minimum absolute atomic E-state index is 0.0469. The van der Waals surface area contributed by atoms with E-state index in [9.17, 15) is 14.9 Å². The summed E-state index contributed by atoms with van der Waals surface area (Å²) in [6.07, 6.45) is 0.893. The molecule has 0 atom stereocenters. The van der Waals surface area contributed by atoms with Crippen LogP contribution in [-0.4, -0.2) is 17.4 Å². The molecule has 2 rings (SSSR count). The van der Waals surface area contributed by atoms with Crippen molar-refractivity contribution >= 4 is 17.3 Å². The maximum atomic E-state index is 11.9. The molecule has 0 bridgehead atoms. The van der Waals surface area contributed by atoms with Crippen molar-refractivity contribution in [1.82, 2.24) is 0 Å². The van der Waals surface area contributed by atoms with E-state index >= 15 is 0 Å². The summed E-state index contributed by atoms with van der Waals surface area (Å²) in [6, 6.07) is 13.5. The molecule has 0 aliphatic carbocycles. The standard InChI is InChI=1S/C17H18N2O4/c1-2-23-16-9-6-13(7-10-16)8-11-17(20)18-14-4-3-5-15(12-14)19(21)22/h3-7,9-10,12H,2,8,11H2,1H3,(H,18,20). The van der Waals surface area contributed by atoms with E-state index in [4.69, 9.17) is 4.74 Å². The molecule has 120 valence electrons. The minimum Gasteiger partial charge on any atom is -0.494 e. The number of nitro groups is 1. The minimum atomic E-state index is -0.490. The number of hydrogen-bond acceptors (Lipinski definition) is 4. The molecule has 0 aromatic heterocycles. The Kier molecular flexibility index (Phi) is 5.68. The molecule has 0 fully saturated rings. The Morgan fingerprint density at radius 3 is 2.61 bits per heavy atom. The van der Waals surface area contributed by atoms with Crippen LogP contribution in [0.15, 0.2) is 48.5 Å². The zero-order chi connectivity index (χ0) is 16.7. The molecule has 0 heterocycles. The van der Waals surface area contributed by atoms with Crippen molar-refractivity contribution in [2.45, 2.75) is 19.8 Å². The van der Waals surface area contributed by atoms with E-state index in [-0.39, 0.29) is 11.6 Å². The zero-order valence-electron chi connectivity index (χ0n) is 12.8. The second-order valence-electron chi connectivity index (χ2n) is 4.93. The summed E-state index contributed by atoms with van der Waals surface area (Å²) in [5, 5.41) is 13.4. The highest BCUT2D eigenvalue weighted by Gasteiger charge is 2.08. The van der Waals surface area contributed by atoms with E-state index in [1.165, 1.54) is 12.1 Å². The van der Waals surface area contributed by atoms with Crippen molar-refractivity contribution in [3.63, 3.8) is 0 Å². The quantitative estimate of drug-likeness (QED) is 0.625. The second-order valence-corrected chi connectivity index (χ2v) is 4.93. The summed E-state index contributed by atoms with van der Waals surface area (Å²) < 4.78 is 5.36. The number of aryl methyl sites for hydroxylation is 1. The summed E-state index contributed by atoms with van der Waals surface area (Å²) in [4.78, 5) is 22.1. The summed E-state index contributed by atoms with van der Waals surface area (Å²) >= 11 is 0. The van der Waals surface area contributed by atoms with Crippen LogP contribution in [0.5, 0.6) is 5.75 Å². The molecule has 0 unspecified atom stereocenters. The van der Waals surface area contributed by atoms with Crippen molar-refractivity contribution in [3.8, 4) is 5.75 Å². The topological polar surface area (TPSA) is 81.5 Å². The molecule has 23 heavy (non-hydrogen) atoms. The van der Waals surface area contributed by atoms with E-state index in [0.29, 0.717) is 25.1 Å². The number of nitrogens with one attached hydrogen (secondary N) is 1. The van der Waals surface area contributed by atoms with Gasteiger partial charge in [0.25, 0.3) is 5.69 Å². The second kappa shape index (κ2) is 7.93. The van der Waals surface area contributed by atoms with Crippen LogP contribution in [-0.2, 0) is 11.2 Å². The van der Waals surface area contributed by atoms with Gasteiger partial charge in [-0.25, -0.2) is 0 Å². The lowest BCUT2D eigenvalue weighted by atomic mass is 10.1. The Hall–Kier alpha value is -2.89. The third-order valence-electron chi connectivity index (χ3n) is 3.22. The van der Waals surface area contributed by atoms with Gasteiger partial charge in [-0.2, -0.15) is 0 Å². The Bertz CT molecular complexity index is 683. The predicted molar refractivity (Wildman–Crippen MR) is 87.7 cm³/mol. The molecule has 0 saturated carbocycles. The van der Waals surface area contributed by atoms with Gasteiger partial charge in [0.2, 0.25) is 5.91 Å². The molecule has 6 heteroatoms. The fourth-order valence-corrected chi connectivity index (χ4v) is 2.10. The average molecular weight is 314 g/mol. The zero-order valence-corrected chi connectivity index (χ0v) is 12.8. The molecule has 1 amide bonds. The van der Waals surface area contributed by atoms with Crippen LogP contribution < -0.4 is 10.1 Å². The van der Waals surface area contributed by atoms with E-state index in [1.807, 2.05) is 31.2 Å². The SMILES string of the molecule is CCOc1ccc(CCC(=O)Nc2cccc([N+](=O)[O-])c2)cc1. The van der Waals surface area contributed by atoms with Gasteiger partial charge < -0.3 is 10.1 Å². The van der Waals surface area contributed by atoms with E-state index in [2.05, 4.69) is 5.32 Å². The number of ether oxygens (including phenoxy) is 1. The Labute approximate surface area is 134 Å². The number of carbonyl (C=O) groups is 1. The van der Waals surface area contributed by atoms with Crippen LogP contribution in [0.1, 0.15) is 18.9 Å². The molecule has 2 aromatic carbocycles. The first-order chi connectivity index (χ1) is 11.1. The Morgan fingerprint density at radius 2 is 1.96 bits per heavy atom. The lowest BCUT2D eigenvalue weighted by Crippen LogP contribution is -2.12. The summed E-state index contributed by atoms with van der Waals surface area (Å²) in [7, 11) is 0. The molecule has 0 aliphatic rings. The van der Waals surface area contributed by atoms with E-state index < -0.39 is 4.92 Å². The Morgan fingerprint density at radius 1 is 1.22 bits per heavy atom. The molecule has 0 saturated heterocycles. The number of benzene rings is 2. The third-order valence-corrected chi connectivity index (χ3v) is 3.22. The van der Waals surface area contributed by atoms with Gasteiger partial charge in [-0.1, -0.05) is 18.2 Å². The van der Waals surface area contributed by atoms with Crippen molar-refractivity contribution < 1.29 is 14.5 Å². The van der Waals surface area contributed by atoms with Crippen LogP contribution >= 0.6 is 0 Å². The number of nitrogens with zero attached hydrogens (tertiary/aromatic N) is 1. The number of anilines is 1. The van der Waals surface area contributed by atoms with E-state index in [1.54, 1.807) is 12.1 Å². The van der Waals surface area contributed by atoms with Crippen LogP contribution in [0.25, 0.3) is 0 Å². The largest absolute Gasteiger partial charge is 0.494 e. The van der Waals surface area contributed by atoms with Crippen LogP contribution in [0.3, 0.4) is 0 Å². The monoisotopic (exact) mass is 314 g/mol. The van der Waals surface area contributed by atoms with Gasteiger partial charge in [0.05, 0.1) is 11.5 Å². The van der Waals surface area contributed by atoms with E-state index in [0.717, 1.165) is 11.3 Å². The van der Waals surface area contributed by atoms with Crippen LogP contribution in [0.4, 0.5) is 11.4 Å². The number of rotatable bonds is 7. The maximum absolute atomic E-state index is 11.9.